The Morgan fingerprint density at radius 3 is 2.53 bits per heavy atom. The van der Waals surface area contributed by atoms with E-state index in [2.05, 4.69) is 38.5 Å². The summed E-state index contributed by atoms with van der Waals surface area (Å²) in [7, 11) is 0. The summed E-state index contributed by atoms with van der Waals surface area (Å²) in [6.45, 7) is 10.5. The van der Waals surface area contributed by atoms with Crippen molar-refractivity contribution in [3.8, 4) is 0 Å². The van der Waals surface area contributed by atoms with E-state index in [1.54, 1.807) is 0 Å². The number of aromatic nitrogens is 2. The van der Waals surface area contributed by atoms with Gasteiger partial charge in [0.2, 0.25) is 0 Å². The van der Waals surface area contributed by atoms with Gasteiger partial charge in [0.1, 0.15) is 5.82 Å². The first-order chi connectivity index (χ1) is 6.99. The molecule has 1 rings (SSSR count). The molecule has 0 amide bonds. The molecule has 2 N–H and O–H groups in total. The van der Waals surface area contributed by atoms with E-state index >= 15 is 0 Å². The van der Waals surface area contributed by atoms with Gasteiger partial charge in [-0.1, -0.05) is 20.8 Å². The number of nitrogens with two attached hydrogens (primary N) is 1. The molecule has 1 aromatic heterocycles. The zero-order chi connectivity index (χ0) is 11.5. The second-order valence-corrected chi connectivity index (χ2v) is 4.97. The Kier molecular flexibility index (Phi) is 3.91. The van der Waals surface area contributed by atoms with Crippen LogP contribution in [0.5, 0.6) is 0 Å². The summed E-state index contributed by atoms with van der Waals surface area (Å²) in [6, 6.07) is 0. The molecule has 0 bridgehead atoms. The molecule has 15 heavy (non-hydrogen) atoms. The van der Waals surface area contributed by atoms with Crippen molar-refractivity contribution in [3.63, 3.8) is 0 Å². The van der Waals surface area contributed by atoms with Crippen molar-refractivity contribution in [2.75, 3.05) is 6.54 Å². The van der Waals surface area contributed by atoms with Gasteiger partial charge in [-0.3, -0.25) is 0 Å². The fraction of sp³-hybridized carbons (Fsp3) is 0.750. The molecule has 3 nitrogen and oxygen atoms in total. The van der Waals surface area contributed by atoms with E-state index in [0.717, 1.165) is 25.9 Å². The van der Waals surface area contributed by atoms with E-state index in [4.69, 9.17) is 10.7 Å². The minimum atomic E-state index is 0.137. The molecule has 0 aliphatic heterocycles. The number of imidazole rings is 1. The maximum atomic E-state index is 5.52. The van der Waals surface area contributed by atoms with Crippen LogP contribution in [0.25, 0.3) is 0 Å². The molecule has 0 unspecified atom stereocenters. The Morgan fingerprint density at radius 2 is 2.07 bits per heavy atom. The first-order valence-electron chi connectivity index (χ1n) is 5.75. The van der Waals surface area contributed by atoms with E-state index in [0.29, 0.717) is 0 Å². The van der Waals surface area contributed by atoms with Gasteiger partial charge < -0.3 is 10.3 Å². The van der Waals surface area contributed by atoms with Gasteiger partial charge in [-0.2, -0.15) is 0 Å². The highest BCUT2D eigenvalue weighted by Gasteiger charge is 2.18. The fourth-order valence-corrected chi connectivity index (χ4v) is 1.55. The van der Waals surface area contributed by atoms with Gasteiger partial charge >= 0.3 is 0 Å². The topological polar surface area (TPSA) is 43.8 Å². The van der Waals surface area contributed by atoms with Gasteiger partial charge in [0.15, 0.2) is 0 Å². The summed E-state index contributed by atoms with van der Waals surface area (Å²) in [4.78, 5) is 4.70. The molecular formula is C12H23N3. The molecule has 0 aromatic carbocycles. The largest absolute Gasteiger partial charge is 0.335 e. The lowest BCUT2D eigenvalue weighted by atomic mass is 9.93. The molecule has 0 aliphatic rings. The highest BCUT2D eigenvalue weighted by molar-refractivity contribution is 5.13. The monoisotopic (exact) mass is 209 g/mol. The highest BCUT2D eigenvalue weighted by atomic mass is 15.1. The Morgan fingerprint density at radius 1 is 1.40 bits per heavy atom. The summed E-state index contributed by atoms with van der Waals surface area (Å²) >= 11 is 0. The number of nitrogens with zero attached hydrogens (tertiary/aromatic N) is 2. The maximum Gasteiger partial charge on any atom is 0.109 e. The minimum Gasteiger partial charge on any atom is -0.335 e. The SMILES string of the molecule is CCn1cc(C(C)(C)C)nc1CCCN. The average Bonchev–Trinajstić information content (AvgIpc) is 2.57. The van der Waals surface area contributed by atoms with Crippen LogP contribution in [0.1, 0.15) is 45.6 Å². The van der Waals surface area contributed by atoms with E-state index < -0.39 is 0 Å². The summed E-state index contributed by atoms with van der Waals surface area (Å²) in [6.07, 6.45) is 4.17. The van der Waals surface area contributed by atoms with Crippen LogP contribution in [-0.2, 0) is 18.4 Å². The summed E-state index contributed by atoms with van der Waals surface area (Å²) in [5.41, 5.74) is 6.84. The Bertz CT molecular complexity index is 307. The normalized spacial score (nSPS) is 12.1. The molecule has 0 fully saturated rings. The van der Waals surface area contributed by atoms with Crippen LogP contribution < -0.4 is 5.73 Å². The van der Waals surface area contributed by atoms with Crippen molar-refractivity contribution in [1.82, 2.24) is 9.55 Å². The van der Waals surface area contributed by atoms with Crippen LogP contribution in [-0.4, -0.2) is 16.1 Å². The van der Waals surface area contributed by atoms with Crippen molar-refractivity contribution in [3.05, 3.63) is 17.7 Å². The van der Waals surface area contributed by atoms with Crippen molar-refractivity contribution < 1.29 is 0 Å². The van der Waals surface area contributed by atoms with Crippen LogP contribution in [0, 0.1) is 0 Å². The summed E-state index contributed by atoms with van der Waals surface area (Å²) < 4.78 is 2.23. The number of hydrogen-bond acceptors (Lipinski definition) is 2. The predicted molar refractivity (Wildman–Crippen MR) is 64.0 cm³/mol. The molecule has 0 saturated carbocycles. The van der Waals surface area contributed by atoms with E-state index in [1.165, 1.54) is 11.5 Å². The average molecular weight is 209 g/mol. The zero-order valence-electron chi connectivity index (χ0n) is 10.4. The van der Waals surface area contributed by atoms with E-state index in [-0.39, 0.29) is 5.41 Å². The van der Waals surface area contributed by atoms with Crippen LogP contribution in [0.4, 0.5) is 0 Å². The molecule has 1 aromatic rings. The quantitative estimate of drug-likeness (QED) is 0.825. The van der Waals surface area contributed by atoms with Crippen LogP contribution in [0.2, 0.25) is 0 Å². The molecular weight excluding hydrogens is 186 g/mol. The molecule has 1 heterocycles. The predicted octanol–water partition coefficient (Wildman–Crippen LogP) is 2.09. The Hall–Kier alpha value is -0.830. The third-order valence-corrected chi connectivity index (χ3v) is 2.57. The number of hydrogen-bond donors (Lipinski definition) is 1. The van der Waals surface area contributed by atoms with Crippen LogP contribution >= 0.6 is 0 Å². The van der Waals surface area contributed by atoms with Crippen LogP contribution in [0.3, 0.4) is 0 Å². The van der Waals surface area contributed by atoms with E-state index in [9.17, 15) is 0 Å². The van der Waals surface area contributed by atoms with Crippen LogP contribution in [0.15, 0.2) is 6.20 Å². The standard InChI is InChI=1S/C12H23N3/c1-5-15-9-10(12(2,3)4)14-11(15)7-6-8-13/h9H,5-8,13H2,1-4H3. The van der Waals surface area contributed by atoms with Crippen molar-refractivity contribution in [1.29, 1.82) is 0 Å². The Labute approximate surface area is 92.7 Å². The molecule has 0 atom stereocenters. The van der Waals surface area contributed by atoms with E-state index in [1.807, 2.05) is 0 Å². The highest BCUT2D eigenvalue weighted by Crippen LogP contribution is 2.21. The third kappa shape index (κ3) is 3.06. The smallest absolute Gasteiger partial charge is 0.109 e. The maximum absolute atomic E-state index is 5.52. The molecule has 0 aliphatic carbocycles. The third-order valence-electron chi connectivity index (χ3n) is 2.57. The second kappa shape index (κ2) is 4.79. The summed E-state index contributed by atoms with van der Waals surface area (Å²) in [5.74, 6) is 1.17. The molecule has 0 saturated heterocycles. The second-order valence-electron chi connectivity index (χ2n) is 4.97. The molecule has 86 valence electrons. The Balaban J connectivity index is 2.90. The molecule has 0 radical (unpaired) electrons. The first kappa shape index (κ1) is 12.2. The van der Waals surface area contributed by atoms with Gasteiger partial charge in [-0.25, -0.2) is 4.98 Å². The number of rotatable bonds is 4. The van der Waals surface area contributed by atoms with Crippen molar-refractivity contribution >= 4 is 0 Å². The van der Waals surface area contributed by atoms with Crippen molar-refractivity contribution in [2.45, 2.75) is 52.5 Å². The first-order valence-corrected chi connectivity index (χ1v) is 5.75. The van der Waals surface area contributed by atoms with Gasteiger partial charge in [0.05, 0.1) is 5.69 Å². The zero-order valence-corrected chi connectivity index (χ0v) is 10.4. The van der Waals surface area contributed by atoms with Gasteiger partial charge in [0.25, 0.3) is 0 Å². The summed E-state index contributed by atoms with van der Waals surface area (Å²) in [5, 5.41) is 0. The van der Waals surface area contributed by atoms with Gasteiger partial charge in [0, 0.05) is 24.6 Å². The van der Waals surface area contributed by atoms with Gasteiger partial charge in [-0.15, -0.1) is 0 Å². The molecule has 3 heteroatoms. The minimum absolute atomic E-state index is 0.137. The lowest BCUT2D eigenvalue weighted by Gasteiger charge is -2.14. The fourth-order valence-electron chi connectivity index (χ4n) is 1.55. The molecule has 0 spiro atoms. The van der Waals surface area contributed by atoms with Crippen molar-refractivity contribution in [2.24, 2.45) is 5.73 Å². The van der Waals surface area contributed by atoms with Gasteiger partial charge in [-0.05, 0) is 19.9 Å². The lowest BCUT2D eigenvalue weighted by molar-refractivity contribution is 0.570. The number of aryl methyl sites for hydroxylation is 2. The lowest BCUT2D eigenvalue weighted by Crippen LogP contribution is -2.11.